The Bertz CT molecular complexity index is 1280. The van der Waals surface area contributed by atoms with E-state index < -0.39 is 5.97 Å². The molecule has 0 N–H and O–H groups in total. The van der Waals surface area contributed by atoms with Crippen LogP contribution in [0.25, 0.3) is 15.9 Å². The minimum absolute atomic E-state index is 0.0747. The number of benzene rings is 1. The first-order chi connectivity index (χ1) is 15.2. The summed E-state index contributed by atoms with van der Waals surface area (Å²) < 4.78 is 12.9. The number of thiazole rings is 1. The number of hydrogen-bond acceptors (Lipinski definition) is 7. The monoisotopic (exact) mass is 454 g/mol. The molecular weight excluding hydrogens is 432 g/mol. The van der Waals surface area contributed by atoms with Crippen LogP contribution in [0.4, 0.5) is 0 Å². The van der Waals surface area contributed by atoms with Gasteiger partial charge in [0.2, 0.25) is 5.76 Å². The molecule has 1 fully saturated rings. The standard InChI is InChI=1S/C23H22N2O4S2/c26-20-12-15(24-23-25(20)10-11-30-23)13-28-22(27)21-18(14-31-16-6-2-1-3-7-16)17-8-4-5-9-19(17)29-21/h4-5,8-12,16H,1-3,6-7,13-14H2. The van der Waals surface area contributed by atoms with Gasteiger partial charge in [-0.1, -0.05) is 37.5 Å². The summed E-state index contributed by atoms with van der Waals surface area (Å²) in [5.74, 6) is 0.439. The van der Waals surface area contributed by atoms with Gasteiger partial charge in [-0.05, 0) is 18.9 Å². The summed E-state index contributed by atoms with van der Waals surface area (Å²) in [6.45, 7) is -0.0747. The first-order valence-corrected chi connectivity index (χ1v) is 12.4. The number of rotatable bonds is 6. The Morgan fingerprint density at radius 1 is 1.26 bits per heavy atom. The molecule has 3 heterocycles. The molecule has 0 atom stereocenters. The lowest BCUT2D eigenvalue weighted by atomic mass is 10.0. The molecule has 31 heavy (non-hydrogen) atoms. The van der Waals surface area contributed by atoms with E-state index in [0.29, 0.717) is 27.2 Å². The van der Waals surface area contributed by atoms with E-state index in [1.54, 1.807) is 11.6 Å². The number of furan rings is 1. The maximum atomic E-state index is 12.9. The number of aromatic nitrogens is 2. The highest BCUT2D eigenvalue weighted by Gasteiger charge is 2.24. The molecule has 0 unspecified atom stereocenters. The second-order valence-electron chi connectivity index (χ2n) is 7.69. The maximum Gasteiger partial charge on any atom is 0.374 e. The van der Waals surface area contributed by atoms with Crippen LogP contribution in [0, 0.1) is 0 Å². The molecule has 0 amide bonds. The van der Waals surface area contributed by atoms with Gasteiger partial charge in [0.15, 0.2) is 4.96 Å². The third-order valence-electron chi connectivity index (χ3n) is 5.61. The first-order valence-electron chi connectivity index (χ1n) is 10.4. The van der Waals surface area contributed by atoms with E-state index in [0.717, 1.165) is 10.9 Å². The highest BCUT2D eigenvalue weighted by atomic mass is 32.2. The largest absolute Gasteiger partial charge is 0.453 e. The van der Waals surface area contributed by atoms with Gasteiger partial charge < -0.3 is 9.15 Å². The number of hydrogen-bond donors (Lipinski definition) is 0. The molecule has 6 nitrogen and oxygen atoms in total. The zero-order valence-corrected chi connectivity index (χ0v) is 18.5. The van der Waals surface area contributed by atoms with Crippen LogP contribution >= 0.6 is 23.1 Å². The van der Waals surface area contributed by atoms with Crippen LogP contribution in [0.3, 0.4) is 0 Å². The third-order valence-corrected chi connectivity index (χ3v) is 7.76. The normalized spacial score (nSPS) is 15.0. The van der Waals surface area contributed by atoms with E-state index in [1.807, 2.05) is 36.0 Å². The highest BCUT2D eigenvalue weighted by Crippen LogP contribution is 2.35. The summed E-state index contributed by atoms with van der Waals surface area (Å²) in [5, 5.41) is 3.37. The molecule has 1 aliphatic carbocycles. The Morgan fingerprint density at radius 2 is 2.10 bits per heavy atom. The SMILES string of the molecule is O=C(OCc1cc(=O)n2ccsc2n1)c1oc2ccccc2c1CSC1CCCCC1. The summed E-state index contributed by atoms with van der Waals surface area (Å²) in [6.07, 6.45) is 8.01. The van der Waals surface area contributed by atoms with Crippen molar-refractivity contribution in [3.8, 4) is 0 Å². The van der Waals surface area contributed by atoms with Crippen LogP contribution in [0.5, 0.6) is 0 Å². The molecule has 0 bridgehead atoms. The van der Waals surface area contributed by atoms with Crippen LogP contribution < -0.4 is 5.56 Å². The lowest BCUT2D eigenvalue weighted by Crippen LogP contribution is -2.15. The fraction of sp³-hybridized carbons (Fsp3) is 0.348. The van der Waals surface area contributed by atoms with Crippen LogP contribution in [-0.2, 0) is 17.1 Å². The summed E-state index contributed by atoms with van der Waals surface area (Å²) in [5.41, 5.74) is 1.81. The number of thioether (sulfide) groups is 1. The Labute approximate surface area is 187 Å². The number of para-hydroxylation sites is 1. The minimum atomic E-state index is -0.524. The van der Waals surface area contributed by atoms with Crippen molar-refractivity contribution in [2.45, 2.75) is 49.7 Å². The van der Waals surface area contributed by atoms with Crippen LogP contribution in [0.15, 0.2) is 51.1 Å². The van der Waals surface area contributed by atoms with Crippen molar-refractivity contribution < 1.29 is 13.9 Å². The summed E-state index contributed by atoms with van der Waals surface area (Å²) in [6, 6.07) is 9.10. The fourth-order valence-electron chi connectivity index (χ4n) is 4.01. The molecule has 3 aromatic heterocycles. The molecule has 0 aliphatic heterocycles. The minimum Gasteiger partial charge on any atom is -0.453 e. The van der Waals surface area contributed by atoms with E-state index in [1.165, 1.54) is 53.9 Å². The number of esters is 1. The van der Waals surface area contributed by atoms with Gasteiger partial charge >= 0.3 is 5.97 Å². The molecule has 8 heteroatoms. The molecule has 1 aliphatic rings. The topological polar surface area (TPSA) is 73.8 Å². The van der Waals surface area contributed by atoms with Crippen molar-refractivity contribution in [3.05, 3.63) is 69.3 Å². The van der Waals surface area contributed by atoms with Gasteiger partial charge in [-0.25, -0.2) is 9.78 Å². The van der Waals surface area contributed by atoms with Gasteiger partial charge in [0, 0.05) is 39.6 Å². The predicted octanol–water partition coefficient (Wildman–Crippen LogP) is 5.43. The summed E-state index contributed by atoms with van der Waals surface area (Å²) in [4.78, 5) is 30.0. The fourth-order valence-corrected chi connectivity index (χ4v) is 6.10. The van der Waals surface area contributed by atoms with Crippen molar-refractivity contribution in [2.75, 3.05) is 0 Å². The number of carbonyl (C=O) groups is 1. The molecule has 0 radical (unpaired) electrons. The van der Waals surface area contributed by atoms with Crippen molar-refractivity contribution >= 4 is 45.0 Å². The van der Waals surface area contributed by atoms with Crippen molar-refractivity contribution in [1.29, 1.82) is 0 Å². The van der Waals surface area contributed by atoms with Gasteiger partial charge in [0.05, 0.1) is 5.69 Å². The first kappa shape index (κ1) is 20.3. The van der Waals surface area contributed by atoms with E-state index in [4.69, 9.17) is 9.15 Å². The van der Waals surface area contributed by atoms with Crippen molar-refractivity contribution in [2.24, 2.45) is 0 Å². The molecule has 4 aromatic rings. The Balaban J connectivity index is 1.36. The van der Waals surface area contributed by atoms with Gasteiger partial charge in [-0.15, -0.1) is 11.3 Å². The lowest BCUT2D eigenvalue weighted by molar-refractivity contribution is 0.0432. The predicted molar refractivity (Wildman–Crippen MR) is 123 cm³/mol. The van der Waals surface area contributed by atoms with Gasteiger partial charge in [-0.2, -0.15) is 11.8 Å². The number of carbonyl (C=O) groups excluding carboxylic acids is 1. The van der Waals surface area contributed by atoms with E-state index in [-0.39, 0.29) is 17.9 Å². The average molecular weight is 455 g/mol. The van der Waals surface area contributed by atoms with Crippen molar-refractivity contribution in [1.82, 2.24) is 9.38 Å². The Morgan fingerprint density at radius 3 is 2.97 bits per heavy atom. The zero-order valence-electron chi connectivity index (χ0n) is 16.9. The molecule has 160 valence electrons. The zero-order chi connectivity index (χ0) is 21.2. The second-order valence-corrected chi connectivity index (χ2v) is 9.86. The molecule has 0 spiro atoms. The van der Waals surface area contributed by atoms with Gasteiger partial charge in [0.25, 0.3) is 5.56 Å². The summed E-state index contributed by atoms with van der Waals surface area (Å²) in [7, 11) is 0. The Kier molecular flexibility index (Phi) is 5.82. The van der Waals surface area contributed by atoms with Crippen molar-refractivity contribution in [3.63, 3.8) is 0 Å². The lowest BCUT2D eigenvalue weighted by Gasteiger charge is -2.20. The number of nitrogens with zero attached hydrogens (tertiary/aromatic N) is 2. The van der Waals surface area contributed by atoms with E-state index in [9.17, 15) is 9.59 Å². The third kappa shape index (κ3) is 4.27. The average Bonchev–Trinajstić information content (AvgIpc) is 3.42. The van der Waals surface area contributed by atoms with Crippen LogP contribution in [0.1, 0.15) is 53.9 Å². The maximum absolute atomic E-state index is 12.9. The van der Waals surface area contributed by atoms with Crippen LogP contribution in [-0.4, -0.2) is 20.6 Å². The van der Waals surface area contributed by atoms with Gasteiger partial charge in [-0.3, -0.25) is 9.20 Å². The van der Waals surface area contributed by atoms with E-state index >= 15 is 0 Å². The summed E-state index contributed by atoms with van der Waals surface area (Å²) >= 11 is 3.26. The smallest absolute Gasteiger partial charge is 0.374 e. The quantitative estimate of drug-likeness (QED) is 0.362. The molecule has 1 aromatic carbocycles. The molecular formula is C23H22N2O4S2. The number of fused-ring (bicyclic) bond motifs is 2. The molecule has 1 saturated carbocycles. The Hall–Kier alpha value is -2.58. The highest BCUT2D eigenvalue weighted by molar-refractivity contribution is 7.99. The number of ether oxygens (including phenoxy) is 1. The van der Waals surface area contributed by atoms with Crippen LogP contribution in [0.2, 0.25) is 0 Å². The van der Waals surface area contributed by atoms with E-state index in [2.05, 4.69) is 4.98 Å². The molecule has 0 saturated heterocycles. The molecule has 5 rings (SSSR count). The second kappa shape index (κ2) is 8.88. The van der Waals surface area contributed by atoms with Gasteiger partial charge in [0.1, 0.15) is 12.2 Å².